The van der Waals surface area contributed by atoms with Crippen LogP contribution in [0.15, 0.2) is 12.1 Å². The lowest BCUT2D eigenvalue weighted by molar-refractivity contribution is -0.118. The molecule has 0 amide bonds. The lowest BCUT2D eigenvalue weighted by Crippen LogP contribution is -2.30. The Kier molecular flexibility index (Phi) is 3.26. The van der Waals surface area contributed by atoms with Crippen LogP contribution in [0.3, 0.4) is 0 Å². The van der Waals surface area contributed by atoms with Crippen molar-refractivity contribution in [2.45, 2.75) is 19.4 Å². The number of rotatable bonds is 3. The molecule has 1 unspecified atom stereocenters. The molecule has 4 N–H and O–H groups in total. The second-order valence-corrected chi connectivity index (χ2v) is 3.35. The van der Waals surface area contributed by atoms with Crippen LogP contribution in [0.25, 0.3) is 0 Å². The third-order valence-electron chi connectivity index (χ3n) is 2.11. The Morgan fingerprint density at radius 2 is 2.00 bits per heavy atom. The summed E-state index contributed by atoms with van der Waals surface area (Å²) in [7, 11) is 0. The predicted molar refractivity (Wildman–Crippen MR) is 52.1 cm³/mol. The Labute approximate surface area is 86.1 Å². The van der Waals surface area contributed by atoms with Gasteiger partial charge in [-0.2, -0.15) is 0 Å². The standard InChI is InChI=1S/C10H12FNO3/c1-5(13)8(12)2-6-3-9(14)10(15)4-7(6)11/h3-4,8,14-15H,2,12H2,1H3. The molecule has 1 aromatic rings. The lowest BCUT2D eigenvalue weighted by Gasteiger charge is -2.09. The summed E-state index contributed by atoms with van der Waals surface area (Å²) in [6.07, 6.45) is -0.00495. The summed E-state index contributed by atoms with van der Waals surface area (Å²) in [4.78, 5) is 10.9. The van der Waals surface area contributed by atoms with E-state index in [2.05, 4.69) is 0 Å². The first-order valence-corrected chi connectivity index (χ1v) is 4.38. The van der Waals surface area contributed by atoms with Crippen LogP contribution in [0.4, 0.5) is 4.39 Å². The average Bonchev–Trinajstić information content (AvgIpc) is 2.13. The molecular formula is C10H12FNO3. The number of aromatic hydroxyl groups is 2. The molecular weight excluding hydrogens is 201 g/mol. The quantitative estimate of drug-likeness (QED) is 0.645. The molecule has 0 radical (unpaired) electrons. The normalized spacial score (nSPS) is 12.5. The van der Waals surface area contributed by atoms with Crippen molar-refractivity contribution >= 4 is 5.78 Å². The summed E-state index contributed by atoms with van der Waals surface area (Å²) in [6, 6.07) is 1.05. The largest absolute Gasteiger partial charge is 0.504 e. The highest BCUT2D eigenvalue weighted by molar-refractivity contribution is 5.81. The van der Waals surface area contributed by atoms with E-state index in [1.807, 2.05) is 0 Å². The second-order valence-electron chi connectivity index (χ2n) is 3.35. The van der Waals surface area contributed by atoms with Crippen molar-refractivity contribution in [3.05, 3.63) is 23.5 Å². The van der Waals surface area contributed by atoms with Crippen molar-refractivity contribution in [2.24, 2.45) is 5.73 Å². The number of hydrogen-bond donors (Lipinski definition) is 3. The van der Waals surface area contributed by atoms with Crippen molar-refractivity contribution < 1.29 is 19.4 Å². The van der Waals surface area contributed by atoms with Gasteiger partial charge in [-0.1, -0.05) is 0 Å². The molecule has 0 saturated carbocycles. The summed E-state index contributed by atoms with van der Waals surface area (Å²) in [5.74, 6) is -1.92. The molecule has 0 heterocycles. The number of phenols is 2. The molecule has 1 rings (SSSR count). The molecule has 1 aromatic carbocycles. The summed E-state index contributed by atoms with van der Waals surface area (Å²) in [6.45, 7) is 1.31. The monoisotopic (exact) mass is 213 g/mol. The molecule has 5 heteroatoms. The maximum Gasteiger partial charge on any atom is 0.160 e. The number of phenolic OH excluding ortho intramolecular Hbond substituents is 2. The summed E-state index contributed by atoms with van der Waals surface area (Å²) in [5.41, 5.74) is 5.55. The van der Waals surface area contributed by atoms with Gasteiger partial charge in [-0.15, -0.1) is 0 Å². The van der Waals surface area contributed by atoms with E-state index in [1.165, 1.54) is 6.92 Å². The first-order valence-electron chi connectivity index (χ1n) is 4.38. The fraction of sp³-hybridized carbons (Fsp3) is 0.300. The van der Waals surface area contributed by atoms with E-state index in [1.54, 1.807) is 0 Å². The predicted octanol–water partition coefficient (Wildman–Crippen LogP) is 0.696. The van der Waals surface area contributed by atoms with Gasteiger partial charge in [-0.25, -0.2) is 4.39 Å². The Morgan fingerprint density at radius 3 is 2.53 bits per heavy atom. The van der Waals surface area contributed by atoms with E-state index in [-0.39, 0.29) is 17.8 Å². The number of nitrogens with two attached hydrogens (primary N) is 1. The second kappa shape index (κ2) is 4.27. The van der Waals surface area contributed by atoms with E-state index in [4.69, 9.17) is 15.9 Å². The number of halogens is 1. The van der Waals surface area contributed by atoms with E-state index >= 15 is 0 Å². The highest BCUT2D eigenvalue weighted by Crippen LogP contribution is 2.27. The maximum absolute atomic E-state index is 13.2. The van der Waals surface area contributed by atoms with Gasteiger partial charge in [-0.05, 0) is 25.0 Å². The van der Waals surface area contributed by atoms with Gasteiger partial charge in [0.1, 0.15) is 11.6 Å². The molecule has 0 spiro atoms. The molecule has 0 bridgehead atoms. The Morgan fingerprint density at radius 1 is 1.47 bits per heavy atom. The first-order chi connectivity index (χ1) is 6.91. The summed E-state index contributed by atoms with van der Waals surface area (Å²) in [5, 5.41) is 18.1. The molecule has 0 fully saturated rings. The van der Waals surface area contributed by atoms with Crippen LogP contribution in [0, 0.1) is 5.82 Å². The van der Waals surface area contributed by atoms with Crippen LogP contribution in [0.2, 0.25) is 0 Å². The minimum absolute atomic E-state index is 0.00495. The van der Waals surface area contributed by atoms with Gasteiger partial charge in [0.2, 0.25) is 0 Å². The maximum atomic E-state index is 13.2. The number of carbonyl (C=O) groups excluding carboxylic acids is 1. The van der Waals surface area contributed by atoms with E-state index in [9.17, 15) is 9.18 Å². The van der Waals surface area contributed by atoms with Crippen molar-refractivity contribution in [3.63, 3.8) is 0 Å². The van der Waals surface area contributed by atoms with Crippen LogP contribution < -0.4 is 5.73 Å². The van der Waals surface area contributed by atoms with Gasteiger partial charge in [-0.3, -0.25) is 4.79 Å². The van der Waals surface area contributed by atoms with Gasteiger partial charge in [0.25, 0.3) is 0 Å². The molecule has 82 valence electrons. The van der Waals surface area contributed by atoms with Crippen LogP contribution in [-0.2, 0) is 11.2 Å². The van der Waals surface area contributed by atoms with Crippen LogP contribution in [-0.4, -0.2) is 22.0 Å². The SMILES string of the molecule is CC(=O)C(N)Cc1cc(O)c(O)cc1F. The Balaban J connectivity index is 2.95. The van der Waals surface area contributed by atoms with Gasteiger partial charge >= 0.3 is 0 Å². The van der Waals surface area contributed by atoms with E-state index < -0.39 is 23.4 Å². The number of benzene rings is 1. The molecule has 0 aliphatic carbocycles. The lowest BCUT2D eigenvalue weighted by atomic mass is 10.0. The number of Topliss-reactive ketones (excluding diaryl/α,β-unsaturated/α-hetero) is 1. The molecule has 1 atom stereocenters. The van der Waals surface area contributed by atoms with Crippen LogP contribution in [0.1, 0.15) is 12.5 Å². The van der Waals surface area contributed by atoms with Crippen molar-refractivity contribution in [1.29, 1.82) is 0 Å². The smallest absolute Gasteiger partial charge is 0.160 e. The van der Waals surface area contributed by atoms with Crippen LogP contribution in [0.5, 0.6) is 11.5 Å². The van der Waals surface area contributed by atoms with Crippen molar-refractivity contribution in [3.8, 4) is 11.5 Å². The van der Waals surface area contributed by atoms with Gasteiger partial charge in [0, 0.05) is 6.07 Å². The average molecular weight is 213 g/mol. The topological polar surface area (TPSA) is 83.6 Å². The van der Waals surface area contributed by atoms with Crippen molar-refractivity contribution in [2.75, 3.05) is 0 Å². The number of carbonyl (C=O) groups is 1. The molecule has 15 heavy (non-hydrogen) atoms. The summed E-state index contributed by atoms with van der Waals surface area (Å²) < 4.78 is 13.2. The molecule has 0 aliphatic rings. The number of ketones is 1. The van der Waals surface area contributed by atoms with Gasteiger partial charge in [0.15, 0.2) is 11.5 Å². The van der Waals surface area contributed by atoms with E-state index in [0.29, 0.717) is 0 Å². The van der Waals surface area contributed by atoms with Crippen molar-refractivity contribution in [1.82, 2.24) is 0 Å². The first kappa shape index (κ1) is 11.5. The Bertz CT molecular complexity index is 392. The third kappa shape index (κ3) is 2.66. The third-order valence-corrected chi connectivity index (χ3v) is 2.11. The molecule has 0 saturated heterocycles. The molecule has 0 aliphatic heterocycles. The highest BCUT2D eigenvalue weighted by Gasteiger charge is 2.14. The van der Waals surface area contributed by atoms with E-state index in [0.717, 1.165) is 12.1 Å². The zero-order valence-electron chi connectivity index (χ0n) is 8.20. The highest BCUT2D eigenvalue weighted by atomic mass is 19.1. The number of hydrogen-bond acceptors (Lipinski definition) is 4. The zero-order chi connectivity index (χ0) is 11.6. The fourth-order valence-corrected chi connectivity index (χ4v) is 1.13. The van der Waals surface area contributed by atoms with Gasteiger partial charge in [0.05, 0.1) is 6.04 Å². The van der Waals surface area contributed by atoms with Gasteiger partial charge < -0.3 is 15.9 Å². The fourth-order valence-electron chi connectivity index (χ4n) is 1.13. The minimum atomic E-state index is -0.802. The molecule has 0 aromatic heterocycles. The minimum Gasteiger partial charge on any atom is -0.504 e. The Hall–Kier alpha value is -1.62. The summed E-state index contributed by atoms with van der Waals surface area (Å²) >= 11 is 0. The van der Waals surface area contributed by atoms with Crippen LogP contribution >= 0.6 is 0 Å². The zero-order valence-corrected chi connectivity index (χ0v) is 8.20. The molecule has 4 nitrogen and oxygen atoms in total.